The first-order valence-electron chi connectivity index (χ1n) is 9.73. The maximum absolute atomic E-state index is 5.57. The van der Waals surface area contributed by atoms with Gasteiger partial charge in [0.1, 0.15) is 0 Å². The van der Waals surface area contributed by atoms with E-state index in [1.807, 2.05) is 32.2 Å². The Kier molecular flexibility index (Phi) is 10.0. The number of ether oxygens (including phenoxy) is 1. The van der Waals surface area contributed by atoms with Crippen LogP contribution in [0.25, 0.3) is 0 Å². The molecular formula is C20H37N5O. The van der Waals surface area contributed by atoms with E-state index in [1.54, 1.807) is 0 Å². The average Bonchev–Trinajstić information content (AvgIpc) is 2.56. The van der Waals surface area contributed by atoms with Gasteiger partial charge in [0.15, 0.2) is 5.96 Å². The van der Waals surface area contributed by atoms with Crippen LogP contribution in [0.1, 0.15) is 54.0 Å². The summed E-state index contributed by atoms with van der Waals surface area (Å²) in [6, 6.07) is 4.98. The summed E-state index contributed by atoms with van der Waals surface area (Å²) in [5.41, 5.74) is 1.06. The number of nitrogens with one attached hydrogen (secondary N) is 2. The summed E-state index contributed by atoms with van der Waals surface area (Å²) in [6.07, 6.45) is 1.96. The van der Waals surface area contributed by atoms with Crippen LogP contribution in [0, 0.1) is 0 Å². The molecule has 0 aliphatic heterocycles. The molecule has 1 rings (SSSR count). The largest absolute Gasteiger partial charge is 0.475 e. The quantitative estimate of drug-likeness (QED) is 0.494. The van der Waals surface area contributed by atoms with E-state index in [2.05, 4.69) is 60.1 Å². The van der Waals surface area contributed by atoms with E-state index < -0.39 is 0 Å². The minimum Gasteiger partial charge on any atom is -0.475 e. The number of guanidine groups is 1. The van der Waals surface area contributed by atoms with Crippen molar-refractivity contribution in [2.45, 2.75) is 73.2 Å². The van der Waals surface area contributed by atoms with Crippen molar-refractivity contribution in [1.82, 2.24) is 20.5 Å². The Morgan fingerprint density at radius 2 is 1.81 bits per heavy atom. The molecule has 2 N–H and O–H groups in total. The van der Waals surface area contributed by atoms with Crippen LogP contribution in [0.4, 0.5) is 0 Å². The van der Waals surface area contributed by atoms with E-state index >= 15 is 0 Å². The third-order valence-electron chi connectivity index (χ3n) is 3.91. The lowest BCUT2D eigenvalue weighted by Crippen LogP contribution is -2.45. The molecule has 1 heterocycles. The Morgan fingerprint density at radius 3 is 2.31 bits per heavy atom. The first-order chi connectivity index (χ1) is 12.3. The first-order valence-corrected chi connectivity index (χ1v) is 9.73. The maximum atomic E-state index is 5.57. The molecule has 148 valence electrons. The second-order valence-electron chi connectivity index (χ2n) is 7.22. The highest BCUT2D eigenvalue weighted by Gasteiger charge is 2.12. The number of hydrogen-bond acceptors (Lipinski definition) is 4. The van der Waals surface area contributed by atoms with Crippen molar-refractivity contribution in [3.05, 3.63) is 23.9 Å². The normalized spacial score (nSPS) is 12.3. The highest BCUT2D eigenvalue weighted by Crippen LogP contribution is 2.10. The molecule has 6 heteroatoms. The topological polar surface area (TPSA) is 61.8 Å². The molecule has 26 heavy (non-hydrogen) atoms. The molecule has 0 unspecified atom stereocenters. The SMILES string of the molecule is CCNC(=NCc1ccc(OC(C)C)nc1)NCCN(C(C)C)C(C)C. The van der Waals surface area contributed by atoms with E-state index in [9.17, 15) is 0 Å². The minimum atomic E-state index is 0.132. The molecular weight excluding hydrogens is 326 g/mol. The summed E-state index contributed by atoms with van der Waals surface area (Å²) in [5, 5.41) is 6.72. The molecule has 0 amide bonds. The predicted molar refractivity (Wildman–Crippen MR) is 110 cm³/mol. The Hall–Kier alpha value is -1.82. The highest BCUT2D eigenvalue weighted by atomic mass is 16.5. The molecule has 0 fully saturated rings. The van der Waals surface area contributed by atoms with Crippen LogP contribution in [0.5, 0.6) is 5.88 Å². The smallest absolute Gasteiger partial charge is 0.213 e. The zero-order valence-corrected chi connectivity index (χ0v) is 17.5. The second-order valence-corrected chi connectivity index (χ2v) is 7.22. The van der Waals surface area contributed by atoms with E-state index in [0.717, 1.165) is 31.2 Å². The molecule has 0 aromatic carbocycles. The Morgan fingerprint density at radius 1 is 1.12 bits per heavy atom. The lowest BCUT2D eigenvalue weighted by Gasteiger charge is -2.30. The van der Waals surface area contributed by atoms with Crippen LogP contribution in [0.3, 0.4) is 0 Å². The fourth-order valence-electron chi connectivity index (χ4n) is 2.74. The minimum absolute atomic E-state index is 0.132. The lowest BCUT2D eigenvalue weighted by molar-refractivity contribution is 0.178. The fourth-order valence-corrected chi connectivity index (χ4v) is 2.74. The summed E-state index contributed by atoms with van der Waals surface area (Å²) in [7, 11) is 0. The van der Waals surface area contributed by atoms with Crippen molar-refractivity contribution in [2.24, 2.45) is 4.99 Å². The molecule has 1 aromatic heterocycles. The van der Waals surface area contributed by atoms with Gasteiger partial charge in [0.05, 0.1) is 12.6 Å². The zero-order valence-electron chi connectivity index (χ0n) is 17.5. The van der Waals surface area contributed by atoms with Gasteiger partial charge in [0.25, 0.3) is 0 Å². The molecule has 0 bridgehead atoms. The number of nitrogens with zero attached hydrogens (tertiary/aromatic N) is 3. The molecule has 0 radical (unpaired) electrons. The van der Waals surface area contributed by atoms with Gasteiger partial charge >= 0.3 is 0 Å². The average molecular weight is 364 g/mol. The summed E-state index contributed by atoms with van der Waals surface area (Å²) < 4.78 is 5.57. The number of aliphatic imine (C=N–C) groups is 1. The van der Waals surface area contributed by atoms with Crippen LogP contribution in [0.2, 0.25) is 0 Å². The van der Waals surface area contributed by atoms with Crippen LogP contribution < -0.4 is 15.4 Å². The zero-order chi connectivity index (χ0) is 19.5. The highest BCUT2D eigenvalue weighted by molar-refractivity contribution is 5.79. The molecule has 0 saturated heterocycles. The third kappa shape index (κ3) is 8.52. The van der Waals surface area contributed by atoms with E-state index in [0.29, 0.717) is 24.5 Å². The van der Waals surface area contributed by atoms with Crippen molar-refractivity contribution in [3.8, 4) is 5.88 Å². The van der Waals surface area contributed by atoms with E-state index in [4.69, 9.17) is 4.74 Å². The Bertz CT molecular complexity index is 518. The van der Waals surface area contributed by atoms with Gasteiger partial charge in [-0.15, -0.1) is 0 Å². The molecule has 6 nitrogen and oxygen atoms in total. The molecule has 1 aromatic rings. The fraction of sp³-hybridized carbons (Fsp3) is 0.700. The molecule has 0 atom stereocenters. The lowest BCUT2D eigenvalue weighted by atomic mass is 10.2. The number of pyridine rings is 1. The van der Waals surface area contributed by atoms with Gasteiger partial charge in [-0.3, -0.25) is 4.90 Å². The summed E-state index contributed by atoms with van der Waals surface area (Å²) >= 11 is 0. The molecule has 0 saturated carbocycles. The number of hydrogen-bond donors (Lipinski definition) is 2. The molecule has 0 aliphatic carbocycles. The summed E-state index contributed by atoms with van der Waals surface area (Å²) in [4.78, 5) is 11.5. The van der Waals surface area contributed by atoms with Crippen molar-refractivity contribution in [1.29, 1.82) is 0 Å². The number of rotatable bonds is 10. The molecule has 0 spiro atoms. The van der Waals surface area contributed by atoms with Crippen molar-refractivity contribution >= 4 is 5.96 Å². The van der Waals surface area contributed by atoms with Gasteiger partial charge < -0.3 is 15.4 Å². The Labute approximate surface area is 159 Å². The van der Waals surface area contributed by atoms with Crippen molar-refractivity contribution < 1.29 is 4.74 Å². The van der Waals surface area contributed by atoms with Gasteiger partial charge in [-0.1, -0.05) is 6.07 Å². The van der Waals surface area contributed by atoms with E-state index in [1.165, 1.54) is 0 Å². The molecule has 0 aliphatic rings. The van der Waals surface area contributed by atoms with Gasteiger partial charge in [-0.05, 0) is 54.0 Å². The van der Waals surface area contributed by atoms with Crippen LogP contribution in [-0.4, -0.2) is 53.7 Å². The summed E-state index contributed by atoms with van der Waals surface area (Å²) in [5.74, 6) is 1.49. The number of aromatic nitrogens is 1. The van der Waals surface area contributed by atoms with E-state index in [-0.39, 0.29) is 6.10 Å². The van der Waals surface area contributed by atoms with Crippen LogP contribution >= 0.6 is 0 Å². The summed E-state index contributed by atoms with van der Waals surface area (Å²) in [6.45, 7) is 18.3. The van der Waals surface area contributed by atoms with Crippen LogP contribution in [0.15, 0.2) is 23.3 Å². The Balaban J connectivity index is 2.57. The standard InChI is InChI=1S/C20H37N5O/c1-8-21-20(22-11-12-25(15(2)3)16(4)5)24-14-18-9-10-19(23-13-18)26-17(6)7/h9-10,13,15-17H,8,11-12,14H2,1-7H3,(H2,21,22,24). The van der Waals surface area contributed by atoms with Gasteiger partial charge in [-0.25, -0.2) is 9.98 Å². The predicted octanol–water partition coefficient (Wildman–Crippen LogP) is 3.04. The van der Waals surface area contributed by atoms with Crippen molar-refractivity contribution in [3.63, 3.8) is 0 Å². The van der Waals surface area contributed by atoms with Gasteiger partial charge in [0.2, 0.25) is 5.88 Å². The van der Waals surface area contributed by atoms with Gasteiger partial charge in [0, 0.05) is 44.0 Å². The van der Waals surface area contributed by atoms with Crippen molar-refractivity contribution in [2.75, 3.05) is 19.6 Å². The first kappa shape index (κ1) is 22.2. The monoisotopic (exact) mass is 363 g/mol. The van der Waals surface area contributed by atoms with Gasteiger partial charge in [-0.2, -0.15) is 0 Å². The third-order valence-corrected chi connectivity index (χ3v) is 3.91. The van der Waals surface area contributed by atoms with Crippen LogP contribution in [-0.2, 0) is 6.54 Å². The second kappa shape index (κ2) is 11.7. The maximum Gasteiger partial charge on any atom is 0.213 e.